The molecule has 0 aromatic heterocycles. The molecule has 2 aromatic carbocycles. The van der Waals surface area contributed by atoms with Crippen LogP contribution in [0, 0.1) is 0 Å². The number of hydrogen-bond donors (Lipinski definition) is 0. The van der Waals surface area contributed by atoms with E-state index in [4.69, 9.17) is 28.2 Å². The minimum atomic E-state index is 0.713. The van der Waals surface area contributed by atoms with Crippen molar-refractivity contribution in [2.45, 2.75) is 0 Å². The van der Waals surface area contributed by atoms with Gasteiger partial charge in [-0.2, -0.15) is 0 Å². The number of halogens is 2. The molecule has 0 saturated heterocycles. The summed E-state index contributed by atoms with van der Waals surface area (Å²) >= 11 is 11.9. The van der Waals surface area contributed by atoms with Crippen LogP contribution in [0.5, 0.6) is 0 Å². The van der Waals surface area contributed by atoms with Crippen molar-refractivity contribution in [3.05, 3.63) is 87.0 Å². The molecular weight excluding hydrogens is 315 g/mol. The third kappa shape index (κ3) is 2.21. The van der Waals surface area contributed by atoms with Gasteiger partial charge in [0.2, 0.25) is 0 Å². The maximum absolute atomic E-state index is 5.97. The van der Waals surface area contributed by atoms with Crippen molar-refractivity contribution in [3.63, 3.8) is 0 Å². The molecule has 0 atom stereocenters. The second-order valence-corrected chi connectivity index (χ2v) is 5.93. The van der Waals surface area contributed by atoms with Gasteiger partial charge in [-0.3, -0.25) is 4.99 Å². The maximum atomic E-state index is 5.97. The van der Waals surface area contributed by atoms with Crippen LogP contribution in [-0.2, 0) is 0 Å². The molecule has 0 fully saturated rings. The van der Waals surface area contributed by atoms with Crippen LogP contribution in [0.4, 0.5) is 0 Å². The van der Waals surface area contributed by atoms with Gasteiger partial charge >= 0.3 is 0 Å². The fourth-order valence-electron chi connectivity index (χ4n) is 2.59. The van der Waals surface area contributed by atoms with Crippen LogP contribution in [0.2, 0.25) is 10.0 Å². The lowest BCUT2D eigenvalue weighted by Gasteiger charge is -2.02. The molecule has 0 N–H and O–H groups in total. The number of allylic oxidation sites excluding steroid dienone is 2. The molecule has 4 rings (SSSR count). The van der Waals surface area contributed by atoms with Crippen LogP contribution in [0.15, 0.2) is 75.9 Å². The van der Waals surface area contributed by atoms with Gasteiger partial charge in [-0.1, -0.05) is 47.5 Å². The molecule has 2 aliphatic heterocycles. The van der Waals surface area contributed by atoms with Crippen molar-refractivity contribution in [2.24, 2.45) is 9.98 Å². The Balaban J connectivity index is 1.82. The lowest BCUT2D eigenvalue weighted by Crippen LogP contribution is -2.01. The number of aliphatic imine (C=N–C) groups is 2. The highest BCUT2D eigenvalue weighted by atomic mass is 35.5. The van der Waals surface area contributed by atoms with Gasteiger partial charge in [0.15, 0.2) is 0 Å². The van der Waals surface area contributed by atoms with E-state index in [9.17, 15) is 0 Å². The van der Waals surface area contributed by atoms with Gasteiger partial charge in [0.1, 0.15) is 0 Å². The second-order valence-electron chi connectivity index (χ2n) is 5.06. The molecule has 4 heteroatoms. The fourth-order valence-corrected chi connectivity index (χ4v) is 2.84. The Morgan fingerprint density at radius 2 is 1.32 bits per heavy atom. The Morgan fingerprint density at radius 3 is 1.95 bits per heavy atom. The van der Waals surface area contributed by atoms with E-state index in [0.29, 0.717) is 10.0 Å². The highest BCUT2D eigenvalue weighted by Gasteiger charge is 2.26. The zero-order valence-corrected chi connectivity index (χ0v) is 12.9. The van der Waals surface area contributed by atoms with E-state index < -0.39 is 0 Å². The first-order valence-electron chi connectivity index (χ1n) is 6.81. The maximum Gasteiger partial charge on any atom is 0.0804 e. The smallest absolute Gasteiger partial charge is 0.0804 e. The first-order valence-corrected chi connectivity index (χ1v) is 7.57. The minimum absolute atomic E-state index is 0.713. The third-order valence-corrected chi connectivity index (χ3v) is 4.17. The molecule has 0 saturated carbocycles. The summed E-state index contributed by atoms with van der Waals surface area (Å²) in [5, 5.41) is 1.43. The Kier molecular flexibility index (Phi) is 3.21. The molecule has 0 bridgehead atoms. The highest BCUT2D eigenvalue weighted by Crippen LogP contribution is 2.36. The zero-order valence-electron chi connectivity index (χ0n) is 11.4. The Hall–Kier alpha value is -2.16. The van der Waals surface area contributed by atoms with Gasteiger partial charge in [-0.05, 0) is 24.3 Å². The summed E-state index contributed by atoms with van der Waals surface area (Å²) in [6, 6.07) is 15.4. The van der Waals surface area contributed by atoms with Crippen molar-refractivity contribution in [2.75, 3.05) is 0 Å². The number of fused-ring (bicyclic) bond motifs is 1. The number of nitrogens with zero attached hydrogens (tertiary/aromatic N) is 2. The predicted octanol–water partition coefficient (Wildman–Crippen LogP) is 5.18. The van der Waals surface area contributed by atoms with Gasteiger partial charge in [0.25, 0.3) is 0 Å². The number of benzene rings is 2. The van der Waals surface area contributed by atoms with Crippen LogP contribution in [0.25, 0.3) is 5.70 Å². The van der Waals surface area contributed by atoms with Crippen molar-refractivity contribution >= 4 is 40.8 Å². The van der Waals surface area contributed by atoms with Crippen molar-refractivity contribution in [3.8, 4) is 0 Å². The van der Waals surface area contributed by atoms with E-state index in [1.807, 2.05) is 60.9 Å². The molecule has 2 aromatic rings. The summed E-state index contributed by atoms with van der Waals surface area (Å²) in [6.07, 6.45) is 3.71. The van der Waals surface area contributed by atoms with E-state index in [2.05, 4.69) is 4.99 Å². The SMILES string of the molecule is Clc1ccc(C2=NC(c3ccc(Cl)cc3)=C3C=NC=C23)cc1. The summed E-state index contributed by atoms with van der Waals surface area (Å²) in [7, 11) is 0. The number of rotatable bonds is 2. The van der Waals surface area contributed by atoms with Gasteiger partial charge in [0, 0.05) is 44.7 Å². The number of hydrogen-bond acceptors (Lipinski definition) is 2. The third-order valence-electron chi connectivity index (χ3n) is 3.67. The Bertz CT molecular complexity index is 870. The monoisotopic (exact) mass is 324 g/mol. The van der Waals surface area contributed by atoms with Crippen LogP contribution >= 0.6 is 23.2 Å². The van der Waals surface area contributed by atoms with E-state index in [1.165, 1.54) is 0 Å². The first-order chi connectivity index (χ1) is 10.7. The molecule has 2 heterocycles. The molecule has 0 aliphatic carbocycles. The Morgan fingerprint density at radius 1 is 0.727 bits per heavy atom. The average molecular weight is 325 g/mol. The zero-order chi connectivity index (χ0) is 15.1. The van der Waals surface area contributed by atoms with E-state index in [-0.39, 0.29) is 0 Å². The summed E-state index contributed by atoms with van der Waals surface area (Å²) in [4.78, 5) is 9.10. The molecule has 2 nitrogen and oxygen atoms in total. The summed E-state index contributed by atoms with van der Waals surface area (Å²) in [5.41, 5.74) is 6.01. The first kappa shape index (κ1) is 13.5. The lowest BCUT2D eigenvalue weighted by atomic mass is 9.99. The van der Waals surface area contributed by atoms with Crippen LogP contribution in [0.3, 0.4) is 0 Å². The quantitative estimate of drug-likeness (QED) is 0.727. The van der Waals surface area contributed by atoms with Gasteiger partial charge in [-0.25, -0.2) is 4.99 Å². The van der Waals surface area contributed by atoms with E-state index in [0.717, 1.165) is 33.7 Å². The van der Waals surface area contributed by atoms with Gasteiger partial charge in [0.05, 0.1) is 11.4 Å². The minimum Gasteiger partial charge on any atom is -0.263 e. The summed E-state index contributed by atoms with van der Waals surface area (Å²) < 4.78 is 0. The molecule has 0 amide bonds. The standard InChI is InChI=1S/C18H10Cl2N2/c19-13-5-1-11(2-6-13)17-15-9-21-10-16(15)18(22-17)12-3-7-14(20)8-4-12/h1-10H. The topological polar surface area (TPSA) is 24.7 Å². The largest absolute Gasteiger partial charge is 0.263 e. The lowest BCUT2D eigenvalue weighted by molar-refractivity contribution is 1.51. The molecule has 0 unspecified atom stereocenters. The molecule has 0 spiro atoms. The van der Waals surface area contributed by atoms with Gasteiger partial charge in [-0.15, -0.1) is 0 Å². The van der Waals surface area contributed by atoms with Crippen LogP contribution in [-0.4, -0.2) is 11.9 Å². The van der Waals surface area contributed by atoms with Crippen molar-refractivity contribution in [1.29, 1.82) is 0 Å². The molecule has 106 valence electrons. The average Bonchev–Trinajstić information content (AvgIpc) is 3.12. The van der Waals surface area contributed by atoms with Gasteiger partial charge < -0.3 is 0 Å². The summed E-state index contributed by atoms with van der Waals surface area (Å²) in [6.45, 7) is 0. The predicted molar refractivity (Wildman–Crippen MR) is 92.9 cm³/mol. The Labute approximate surface area is 138 Å². The normalized spacial score (nSPS) is 15.9. The van der Waals surface area contributed by atoms with E-state index >= 15 is 0 Å². The molecular formula is C18H10Cl2N2. The van der Waals surface area contributed by atoms with Crippen molar-refractivity contribution in [1.82, 2.24) is 0 Å². The molecule has 22 heavy (non-hydrogen) atoms. The van der Waals surface area contributed by atoms with Crippen molar-refractivity contribution < 1.29 is 0 Å². The van der Waals surface area contributed by atoms with E-state index in [1.54, 1.807) is 0 Å². The molecule has 2 aliphatic rings. The van der Waals surface area contributed by atoms with Crippen LogP contribution in [0.1, 0.15) is 11.1 Å². The summed E-state index contributed by atoms with van der Waals surface area (Å²) in [5.74, 6) is 0. The fraction of sp³-hybridized carbons (Fsp3) is 0. The second kappa shape index (κ2) is 5.24. The molecule has 0 radical (unpaired) electrons. The van der Waals surface area contributed by atoms with Crippen LogP contribution < -0.4 is 0 Å². The highest BCUT2D eigenvalue weighted by molar-refractivity contribution is 6.31.